The third-order valence-corrected chi connectivity index (χ3v) is 27.2. The molecule has 0 unspecified atom stereocenters. The molecule has 0 bridgehead atoms. The van der Waals surface area contributed by atoms with Crippen LogP contribution in [-0.2, 0) is 0 Å². The first-order valence-electron chi connectivity index (χ1n) is 6.17. The minimum atomic E-state index is -1.42. The van der Waals surface area contributed by atoms with Crippen molar-refractivity contribution >= 4 is 33.4 Å². The molecule has 0 saturated carbocycles. The molecule has 0 spiro atoms. The van der Waals surface area contributed by atoms with E-state index in [9.17, 15) is 0 Å². The Labute approximate surface area is 106 Å². The molecule has 16 heavy (non-hydrogen) atoms. The van der Waals surface area contributed by atoms with Crippen LogP contribution < -0.4 is 9.30 Å². The highest BCUT2D eigenvalue weighted by Crippen LogP contribution is 2.29. The van der Waals surface area contributed by atoms with Crippen molar-refractivity contribution in [2.24, 2.45) is 0 Å². The highest BCUT2D eigenvalue weighted by Gasteiger charge is 2.54. The summed E-state index contributed by atoms with van der Waals surface area (Å²) in [5.74, 6) is 0. The first kappa shape index (κ1) is 14.8. The number of nitrogens with one attached hydrogen (secondary N) is 2. The molecule has 1 aliphatic heterocycles. The maximum absolute atomic E-state index is 4.01. The van der Waals surface area contributed by atoms with Crippen molar-refractivity contribution in [2.75, 3.05) is 0 Å². The van der Waals surface area contributed by atoms with Gasteiger partial charge in [0, 0.05) is 0 Å². The Hall–Kier alpha value is 0.748. The molecule has 1 aliphatic rings. The lowest BCUT2D eigenvalue weighted by molar-refractivity contribution is 0.808. The van der Waals surface area contributed by atoms with Crippen molar-refractivity contribution in [3.05, 3.63) is 0 Å². The predicted octanol–water partition coefficient (Wildman–Crippen LogP) is 2.42. The molecule has 0 aliphatic carbocycles. The Morgan fingerprint density at radius 2 is 1.06 bits per heavy atom. The summed E-state index contributed by atoms with van der Waals surface area (Å²) in [5, 5.41) is 0. The zero-order chi connectivity index (χ0) is 13.0. The van der Waals surface area contributed by atoms with E-state index in [1.165, 1.54) is 0 Å². The summed E-state index contributed by atoms with van der Waals surface area (Å²) in [6.45, 7) is 22.3. The lowest BCUT2D eigenvalue weighted by Crippen LogP contribution is -2.91. The van der Waals surface area contributed by atoms with E-state index in [-0.39, 0.29) is 0 Å². The molecule has 7 heteroatoms. The van der Waals surface area contributed by atoms with Crippen LogP contribution in [0, 0.1) is 0 Å². The van der Waals surface area contributed by atoms with E-state index in [0.717, 1.165) is 0 Å². The van der Waals surface area contributed by atoms with E-state index in [0.29, 0.717) is 0 Å². The van der Waals surface area contributed by atoms with Gasteiger partial charge in [0.25, 0.3) is 0 Å². The van der Waals surface area contributed by atoms with E-state index >= 15 is 0 Å². The molecule has 1 heterocycles. The van der Waals surface area contributed by atoms with Crippen molar-refractivity contribution < 1.29 is 0 Å². The van der Waals surface area contributed by atoms with Gasteiger partial charge in [0.15, 0.2) is 25.2 Å². The predicted molar refractivity (Wildman–Crippen MR) is 83.9 cm³/mol. The smallest absolute Gasteiger partial charge is 0.183 e. The molecule has 0 aromatic rings. The standard InChI is InChI=1S/C9H29N3Si4/c1-13(2,3)12-15(6,7)10-14(4,5)11-16(12,8)9/h10-11H,1-9H3. The van der Waals surface area contributed by atoms with Crippen molar-refractivity contribution in [3.63, 3.8) is 0 Å². The van der Waals surface area contributed by atoms with E-state index < -0.39 is 33.4 Å². The fraction of sp³-hybridized carbons (Fsp3) is 1.00. The zero-order valence-electron chi connectivity index (χ0n) is 12.4. The van der Waals surface area contributed by atoms with Gasteiger partial charge in [0.1, 0.15) is 8.24 Å². The zero-order valence-corrected chi connectivity index (χ0v) is 16.4. The Morgan fingerprint density at radius 1 is 0.750 bits per heavy atom. The molecule has 3 nitrogen and oxygen atoms in total. The second-order valence-corrected chi connectivity index (χ2v) is 26.0. The summed E-state index contributed by atoms with van der Waals surface area (Å²) in [5.41, 5.74) is 0. The van der Waals surface area contributed by atoms with Crippen LogP contribution in [0.15, 0.2) is 0 Å². The lowest BCUT2D eigenvalue weighted by atomic mass is 11.8. The molecule has 0 amide bonds. The summed E-state index contributed by atoms with van der Waals surface area (Å²) in [7, 11) is -5.45. The van der Waals surface area contributed by atoms with Gasteiger partial charge in [-0.3, -0.25) is 0 Å². The SMILES string of the molecule is C[Si]1(C)N[Si](C)(C)N([Si](C)(C)C)[Si](C)(C)N1. The molecule has 1 rings (SSSR count). The normalized spacial score (nSPS) is 29.1. The largest absolute Gasteiger partial charge is 0.345 e. The third kappa shape index (κ3) is 2.95. The molecule has 1 fully saturated rings. The van der Waals surface area contributed by atoms with Gasteiger partial charge in [-0.2, -0.15) is 0 Å². The highest BCUT2D eigenvalue weighted by atomic mass is 28.5. The van der Waals surface area contributed by atoms with Crippen molar-refractivity contribution in [3.8, 4) is 0 Å². The summed E-state index contributed by atoms with van der Waals surface area (Å²) in [6, 6.07) is 0. The van der Waals surface area contributed by atoms with Crippen LogP contribution in [0.4, 0.5) is 0 Å². The van der Waals surface area contributed by atoms with Gasteiger partial charge < -0.3 is 13.2 Å². The van der Waals surface area contributed by atoms with E-state index in [4.69, 9.17) is 0 Å². The van der Waals surface area contributed by atoms with Gasteiger partial charge in [-0.15, -0.1) is 0 Å². The molecule has 0 radical (unpaired) electrons. The number of hydrogen-bond donors (Lipinski definition) is 2. The Balaban J connectivity index is 3.17. The second-order valence-electron chi connectivity index (χ2n) is 7.50. The van der Waals surface area contributed by atoms with Crippen LogP contribution in [0.5, 0.6) is 0 Å². The second kappa shape index (κ2) is 3.87. The van der Waals surface area contributed by atoms with E-state index in [2.05, 4.69) is 72.1 Å². The topological polar surface area (TPSA) is 27.3 Å². The van der Waals surface area contributed by atoms with Gasteiger partial charge in [-0.1, -0.05) is 19.6 Å². The van der Waals surface area contributed by atoms with Gasteiger partial charge in [-0.05, 0) is 39.3 Å². The number of nitrogens with zero attached hydrogens (tertiary/aromatic N) is 1. The molecular formula is C9H29N3Si4. The Kier molecular flexibility index (Phi) is 3.58. The average Bonchev–Trinajstić information content (AvgIpc) is 1.67. The number of rotatable bonds is 1. The fourth-order valence-electron chi connectivity index (χ4n) is 4.05. The van der Waals surface area contributed by atoms with Gasteiger partial charge >= 0.3 is 0 Å². The van der Waals surface area contributed by atoms with Crippen LogP contribution in [0.1, 0.15) is 0 Å². The Bertz CT molecular complexity index is 263. The fourth-order valence-corrected chi connectivity index (χ4v) is 39.0. The summed E-state index contributed by atoms with van der Waals surface area (Å²) in [6.07, 6.45) is 0. The highest BCUT2D eigenvalue weighted by molar-refractivity contribution is 7.11. The first-order valence-corrected chi connectivity index (χ1v) is 18.5. The quantitative estimate of drug-likeness (QED) is 0.727. The maximum Gasteiger partial charge on any atom is 0.183 e. The maximum atomic E-state index is 4.01. The summed E-state index contributed by atoms with van der Waals surface area (Å²) in [4.78, 5) is 0. The minimum Gasteiger partial charge on any atom is -0.345 e. The van der Waals surface area contributed by atoms with E-state index in [1.54, 1.807) is 0 Å². The van der Waals surface area contributed by atoms with E-state index in [1.807, 2.05) is 0 Å². The van der Waals surface area contributed by atoms with Crippen LogP contribution in [-0.4, -0.2) is 37.3 Å². The molecule has 0 aromatic carbocycles. The molecule has 96 valence electrons. The minimum absolute atomic E-state index is 1.24. The van der Waals surface area contributed by atoms with Gasteiger partial charge in [0.2, 0.25) is 0 Å². The van der Waals surface area contributed by atoms with Crippen molar-refractivity contribution in [1.29, 1.82) is 0 Å². The molecular weight excluding hydrogens is 262 g/mol. The van der Waals surface area contributed by atoms with Crippen LogP contribution in [0.3, 0.4) is 0 Å². The van der Waals surface area contributed by atoms with Gasteiger partial charge in [0.05, 0.1) is 0 Å². The Morgan fingerprint density at radius 3 is 1.31 bits per heavy atom. The molecule has 0 aromatic heterocycles. The molecule has 2 N–H and O–H groups in total. The monoisotopic (exact) mass is 291 g/mol. The first-order chi connectivity index (χ1) is 6.78. The number of hydrogen-bond acceptors (Lipinski definition) is 3. The van der Waals surface area contributed by atoms with Crippen molar-refractivity contribution in [1.82, 2.24) is 13.2 Å². The van der Waals surface area contributed by atoms with Crippen molar-refractivity contribution in [2.45, 2.75) is 58.9 Å². The van der Waals surface area contributed by atoms with Crippen LogP contribution in [0.25, 0.3) is 0 Å². The summed E-state index contributed by atoms with van der Waals surface area (Å²) < 4.78 is 11.0. The average molecular weight is 292 g/mol. The molecule has 0 atom stereocenters. The molecule has 1 saturated heterocycles. The third-order valence-electron chi connectivity index (χ3n) is 3.03. The lowest BCUT2D eigenvalue weighted by Gasteiger charge is -2.61. The van der Waals surface area contributed by atoms with Crippen LogP contribution in [0.2, 0.25) is 58.9 Å². The van der Waals surface area contributed by atoms with Crippen LogP contribution >= 0.6 is 0 Å². The van der Waals surface area contributed by atoms with Gasteiger partial charge in [-0.25, -0.2) is 0 Å². The summed E-state index contributed by atoms with van der Waals surface area (Å²) >= 11 is 0.